The van der Waals surface area contributed by atoms with Crippen LogP contribution in [0.15, 0.2) is 24.0 Å². The van der Waals surface area contributed by atoms with Gasteiger partial charge in [0.2, 0.25) is 6.79 Å². The van der Waals surface area contributed by atoms with Gasteiger partial charge in [-0.05, 0) is 62.1 Å². The molecule has 1 N–H and O–H groups in total. The number of rotatable bonds is 6. The van der Waals surface area contributed by atoms with Gasteiger partial charge in [-0.2, -0.15) is 0 Å². The number of hydrogen-bond donors (Lipinski definition) is 1. The summed E-state index contributed by atoms with van der Waals surface area (Å²) in [6.45, 7) is 3.82. The molecule has 1 aromatic rings. The summed E-state index contributed by atoms with van der Waals surface area (Å²) in [5, 5.41) is 10.3. The minimum absolute atomic E-state index is 0.174. The predicted octanol–water partition coefficient (Wildman–Crippen LogP) is 1.66. The van der Waals surface area contributed by atoms with Crippen LogP contribution >= 0.6 is 0 Å². The fraction of sp³-hybridized carbons (Fsp3) is 0.583. The smallest absolute Gasteiger partial charge is 0.336 e. The number of hydrogen-bond acceptors (Lipinski definition) is 9. The summed E-state index contributed by atoms with van der Waals surface area (Å²) in [5.74, 6) is 0.190. The molecule has 3 unspecified atom stereocenters. The highest BCUT2D eigenvalue weighted by atomic mass is 16.7. The molecule has 0 bridgehead atoms. The zero-order valence-electron chi connectivity index (χ0n) is 18.9. The van der Waals surface area contributed by atoms with Crippen molar-refractivity contribution in [2.45, 2.75) is 56.3 Å². The molecular formula is C24H29NO8. The number of esters is 2. The van der Waals surface area contributed by atoms with E-state index in [1.807, 2.05) is 12.1 Å². The molecule has 9 heteroatoms. The van der Waals surface area contributed by atoms with E-state index in [1.165, 1.54) is 0 Å². The van der Waals surface area contributed by atoms with E-state index in [1.54, 1.807) is 14.0 Å². The molecule has 1 spiro atoms. The minimum atomic E-state index is -1.61. The topological polar surface area (TPSA) is 104 Å². The molecule has 1 saturated heterocycles. The zero-order chi connectivity index (χ0) is 23.2. The summed E-state index contributed by atoms with van der Waals surface area (Å²) in [7, 11) is 1.56. The minimum Gasteiger partial charge on any atom is -0.497 e. The van der Waals surface area contributed by atoms with Gasteiger partial charge >= 0.3 is 11.9 Å². The Bertz CT molecular complexity index is 991. The first-order valence-corrected chi connectivity index (χ1v) is 11.4. The quantitative estimate of drug-likeness (QED) is 0.636. The van der Waals surface area contributed by atoms with E-state index in [2.05, 4.69) is 11.0 Å². The SMILES string of the molecule is CCOC(=O)CC(O)C(=O)OC1C(OC)=CC23CCCN2CCc2cc4c(cc2[C@H]13)OCO4. The van der Waals surface area contributed by atoms with Crippen molar-refractivity contribution in [3.8, 4) is 11.5 Å². The molecule has 9 nitrogen and oxygen atoms in total. The molecule has 5 rings (SSSR count). The largest absolute Gasteiger partial charge is 0.497 e. The van der Waals surface area contributed by atoms with Crippen LogP contribution in [0.3, 0.4) is 0 Å². The van der Waals surface area contributed by atoms with Gasteiger partial charge in [-0.25, -0.2) is 4.79 Å². The van der Waals surface area contributed by atoms with Crippen molar-refractivity contribution in [2.24, 2.45) is 0 Å². The molecule has 4 atom stereocenters. The molecule has 0 radical (unpaired) electrons. The van der Waals surface area contributed by atoms with Gasteiger partial charge in [0, 0.05) is 6.54 Å². The second-order valence-corrected chi connectivity index (χ2v) is 8.85. The van der Waals surface area contributed by atoms with Gasteiger partial charge in [-0.3, -0.25) is 9.69 Å². The van der Waals surface area contributed by atoms with Gasteiger partial charge in [0.1, 0.15) is 5.76 Å². The molecular weight excluding hydrogens is 430 g/mol. The lowest BCUT2D eigenvalue weighted by atomic mass is 9.77. The molecule has 0 aromatic heterocycles. The van der Waals surface area contributed by atoms with Crippen molar-refractivity contribution in [1.29, 1.82) is 0 Å². The Morgan fingerprint density at radius 3 is 2.82 bits per heavy atom. The maximum atomic E-state index is 12.8. The zero-order valence-corrected chi connectivity index (χ0v) is 18.9. The monoisotopic (exact) mass is 459 g/mol. The first-order valence-electron chi connectivity index (χ1n) is 11.4. The lowest BCUT2D eigenvalue weighted by Gasteiger charge is -2.39. The van der Waals surface area contributed by atoms with E-state index in [0.717, 1.165) is 49.2 Å². The van der Waals surface area contributed by atoms with Crippen LogP contribution in [0.4, 0.5) is 0 Å². The number of ether oxygens (including phenoxy) is 5. The van der Waals surface area contributed by atoms with Crippen LogP contribution < -0.4 is 9.47 Å². The Morgan fingerprint density at radius 2 is 2.06 bits per heavy atom. The van der Waals surface area contributed by atoms with E-state index in [0.29, 0.717) is 11.5 Å². The lowest BCUT2D eigenvalue weighted by Crippen LogP contribution is -2.47. The van der Waals surface area contributed by atoms with Gasteiger partial charge in [0.25, 0.3) is 0 Å². The van der Waals surface area contributed by atoms with E-state index < -0.39 is 30.6 Å². The predicted molar refractivity (Wildman–Crippen MR) is 115 cm³/mol. The molecule has 3 aliphatic heterocycles. The van der Waals surface area contributed by atoms with Crippen LogP contribution in [0.1, 0.15) is 43.2 Å². The van der Waals surface area contributed by atoms with E-state index >= 15 is 0 Å². The summed E-state index contributed by atoms with van der Waals surface area (Å²) in [5.41, 5.74) is 1.79. The van der Waals surface area contributed by atoms with Crippen LogP contribution in [0, 0.1) is 0 Å². The molecule has 0 amide bonds. The van der Waals surface area contributed by atoms with Crippen LogP contribution in [0.25, 0.3) is 0 Å². The second-order valence-electron chi connectivity index (χ2n) is 8.85. The number of methoxy groups -OCH3 is 1. The van der Waals surface area contributed by atoms with Crippen molar-refractivity contribution in [3.63, 3.8) is 0 Å². The molecule has 1 aromatic carbocycles. The van der Waals surface area contributed by atoms with Crippen molar-refractivity contribution < 1.29 is 38.4 Å². The third-order valence-electron chi connectivity index (χ3n) is 7.14. The Hall–Kier alpha value is -2.78. The highest BCUT2D eigenvalue weighted by molar-refractivity contribution is 5.82. The van der Waals surface area contributed by atoms with E-state index in [-0.39, 0.29) is 24.9 Å². The molecule has 4 aliphatic rings. The fourth-order valence-electron chi connectivity index (χ4n) is 5.76. The third kappa shape index (κ3) is 3.63. The first kappa shape index (κ1) is 22.0. The number of benzene rings is 1. The van der Waals surface area contributed by atoms with Crippen molar-refractivity contribution >= 4 is 11.9 Å². The molecule has 1 fully saturated rings. The Kier molecular flexibility index (Phi) is 5.70. The van der Waals surface area contributed by atoms with Gasteiger partial charge in [-0.1, -0.05) is 0 Å². The van der Waals surface area contributed by atoms with Gasteiger partial charge in [0.05, 0.1) is 31.6 Å². The normalized spacial score (nSPS) is 28.2. The van der Waals surface area contributed by atoms with Crippen LogP contribution in [-0.2, 0) is 30.2 Å². The first-order chi connectivity index (χ1) is 16.0. The van der Waals surface area contributed by atoms with Crippen molar-refractivity contribution in [3.05, 3.63) is 35.1 Å². The van der Waals surface area contributed by atoms with Crippen LogP contribution in [0.2, 0.25) is 0 Å². The standard InChI is InChI=1S/C24H29NO8/c1-3-30-20(27)11-16(26)23(28)33-22-19(29-2)12-24-6-4-7-25(24)8-5-14-9-17-18(32-13-31-17)10-15(14)21(22)24/h9-10,12,16,21-22,26H,3-8,11,13H2,1-2H3/t16?,21-,22?,24?/m1/s1. The summed E-state index contributed by atoms with van der Waals surface area (Å²) < 4.78 is 27.7. The number of carbonyl (C=O) groups is 2. The maximum Gasteiger partial charge on any atom is 0.336 e. The van der Waals surface area contributed by atoms with Crippen LogP contribution in [0.5, 0.6) is 11.5 Å². The molecule has 33 heavy (non-hydrogen) atoms. The van der Waals surface area contributed by atoms with E-state index in [9.17, 15) is 14.7 Å². The lowest BCUT2D eigenvalue weighted by molar-refractivity contribution is -0.165. The highest BCUT2D eigenvalue weighted by Crippen LogP contribution is 2.55. The summed E-state index contributed by atoms with van der Waals surface area (Å²) >= 11 is 0. The number of aliphatic hydroxyl groups excluding tert-OH is 1. The van der Waals surface area contributed by atoms with Gasteiger partial charge in [0.15, 0.2) is 23.7 Å². The maximum absolute atomic E-state index is 12.8. The molecule has 0 saturated carbocycles. The van der Waals surface area contributed by atoms with Crippen molar-refractivity contribution in [2.75, 3.05) is 33.6 Å². The van der Waals surface area contributed by atoms with E-state index in [4.69, 9.17) is 23.7 Å². The number of fused-ring (bicyclic) bond motifs is 3. The molecule has 178 valence electrons. The third-order valence-corrected chi connectivity index (χ3v) is 7.14. The van der Waals surface area contributed by atoms with Crippen LogP contribution in [-0.4, -0.2) is 73.3 Å². The number of nitrogens with zero attached hydrogens (tertiary/aromatic N) is 1. The second kappa shape index (κ2) is 8.53. The Balaban J connectivity index is 1.50. The average Bonchev–Trinajstić information content (AvgIpc) is 3.47. The Labute approximate surface area is 192 Å². The van der Waals surface area contributed by atoms with Crippen molar-refractivity contribution in [1.82, 2.24) is 4.90 Å². The summed E-state index contributed by atoms with van der Waals surface area (Å²) in [6.07, 6.45) is 2.04. The molecule has 1 aliphatic carbocycles. The fourth-order valence-corrected chi connectivity index (χ4v) is 5.76. The molecule has 3 heterocycles. The Morgan fingerprint density at radius 1 is 1.27 bits per heavy atom. The highest BCUT2D eigenvalue weighted by Gasteiger charge is 2.58. The number of carbonyl (C=O) groups excluding carboxylic acids is 2. The summed E-state index contributed by atoms with van der Waals surface area (Å²) in [4.78, 5) is 27.0. The van der Waals surface area contributed by atoms with Gasteiger partial charge < -0.3 is 28.8 Å². The van der Waals surface area contributed by atoms with Gasteiger partial charge in [-0.15, -0.1) is 0 Å². The summed E-state index contributed by atoms with van der Waals surface area (Å²) in [6, 6.07) is 4.01. The average molecular weight is 459 g/mol. The number of aliphatic hydroxyl groups is 1.